The van der Waals surface area contributed by atoms with Crippen LogP contribution in [-0.4, -0.2) is 52.8 Å². The number of hydrogen-bond acceptors (Lipinski definition) is 7. The molecule has 0 saturated carbocycles. The van der Waals surface area contributed by atoms with E-state index in [9.17, 15) is 0 Å². The summed E-state index contributed by atoms with van der Waals surface area (Å²) in [7, 11) is 3.56. The number of nitrogens with two attached hydrogens (primary N) is 2. The number of anilines is 1. The van der Waals surface area contributed by atoms with E-state index in [4.69, 9.17) is 16.6 Å². The first kappa shape index (κ1) is 16.4. The van der Waals surface area contributed by atoms with E-state index in [-0.39, 0.29) is 0 Å². The third-order valence-corrected chi connectivity index (χ3v) is 4.29. The van der Waals surface area contributed by atoms with Gasteiger partial charge >= 0.3 is 0 Å². The van der Waals surface area contributed by atoms with Crippen LogP contribution < -0.4 is 22.4 Å². The first-order valence-electron chi connectivity index (χ1n) is 8.10. The second kappa shape index (κ2) is 7.44. The van der Waals surface area contributed by atoms with Crippen molar-refractivity contribution in [2.45, 2.75) is 19.4 Å². The lowest BCUT2D eigenvalue weighted by molar-refractivity contribution is 0.325. The molecule has 8 nitrogen and oxygen atoms in total. The van der Waals surface area contributed by atoms with E-state index in [2.05, 4.69) is 20.3 Å². The fraction of sp³-hybridized carbons (Fsp3) is 0.467. The molecule has 1 aliphatic heterocycles. The molecule has 3 rings (SSSR count). The Morgan fingerprint density at radius 1 is 1.46 bits per heavy atom. The van der Waals surface area contributed by atoms with Crippen molar-refractivity contribution in [1.29, 1.82) is 0 Å². The van der Waals surface area contributed by atoms with Crippen LogP contribution in [0, 0.1) is 5.92 Å². The van der Waals surface area contributed by atoms with E-state index in [0.29, 0.717) is 17.3 Å². The molecule has 1 saturated heterocycles. The highest BCUT2D eigenvalue weighted by Gasteiger charge is 2.20. The Bertz CT molecular complexity index is 760. The number of allylic oxidation sites excluding steroid dienone is 1. The normalized spacial score (nSPS) is 17.0. The number of fused-ring (bicyclic) bond motifs is 1. The third kappa shape index (κ3) is 3.40. The molecule has 9 heteroatoms. The number of rotatable bonds is 5. The van der Waals surface area contributed by atoms with E-state index in [1.165, 1.54) is 12.5 Å². The molecule has 0 atom stereocenters. The summed E-state index contributed by atoms with van der Waals surface area (Å²) < 4.78 is 1.94. The van der Waals surface area contributed by atoms with Gasteiger partial charge in [-0.1, -0.05) is 0 Å². The van der Waals surface area contributed by atoms with Crippen LogP contribution in [0.25, 0.3) is 11.0 Å². The van der Waals surface area contributed by atoms with Crippen molar-refractivity contribution in [3.8, 4) is 0 Å². The molecule has 125 valence electrons. The summed E-state index contributed by atoms with van der Waals surface area (Å²) in [6.45, 7) is 2.93. The van der Waals surface area contributed by atoms with Gasteiger partial charge in [0.15, 0.2) is 5.65 Å². The van der Waals surface area contributed by atoms with E-state index in [1.807, 2.05) is 12.0 Å². The van der Waals surface area contributed by atoms with Crippen molar-refractivity contribution in [1.82, 2.24) is 25.1 Å². The highest BCUT2D eigenvalue weighted by Crippen LogP contribution is 2.19. The predicted octanol–water partition coefficient (Wildman–Crippen LogP) is -0.762. The van der Waals surface area contributed by atoms with Gasteiger partial charge in [-0.05, 0) is 44.1 Å². The van der Waals surface area contributed by atoms with Gasteiger partial charge in [0.05, 0.1) is 5.39 Å². The Kier molecular flexibility index (Phi) is 5.09. The molecule has 0 spiro atoms. The molecule has 24 heavy (non-hydrogen) atoms. The van der Waals surface area contributed by atoms with Crippen LogP contribution >= 0.6 is 0 Å². The average molecular weight is 325 g/mol. The van der Waals surface area contributed by atoms with Gasteiger partial charge < -0.3 is 21.8 Å². The maximum Gasteiger partial charge on any atom is 0.245 e. The van der Waals surface area contributed by atoms with Crippen LogP contribution in [-0.2, 0) is 6.54 Å². The molecule has 0 bridgehead atoms. The zero-order chi connectivity index (χ0) is 16.9. The second-order valence-corrected chi connectivity index (χ2v) is 5.87. The summed E-state index contributed by atoms with van der Waals surface area (Å²) in [6, 6.07) is 0. The van der Waals surface area contributed by atoms with Crippen molar-refractivity contribution in [2.75, 3.05) is 25.9 Å². The number of aliphatic imine (C=N–C) groups is 1. The summed E-state index contributed by atoms with van der Waals surface area (Å²) in [6.07, 6.45) is 6.93. The summed E-state index contributed by atoms with van der Waals surface area (Å²) in [4.78, 5) is 12.7. The number of nitrogens with one attached hydrogen (secondary N) is 1. The Labute approximate surface area is 141 Å². The highest BCUT2D eigenvalue weighted by atomic mass is 15.3. The summed E-state index contributed by atoms with van der Waals surface area (Å²) in [5, 5.41) is 8.86. The third-order valence-electron chi connectivity index (χ3n) is 4.29. The van der Waals surface area contributed by atoms with Gasteiger partial charge in [0, 0.05) is 24.8 Å². The molecule has 1 fully saturated rings. The van der Waals surface area contributed by atoms with Crippen molar-refractivity contribution >= 4 is 35.3 Å². The van der Waals surface area contributed by atoms with Crippen molar-refractivity contribution < 1.29 is 0 Å². The van der Waals surface area contributed by atoms with Gasteiger partial charge in [-0.3, -0.25) is 0 Å². The van der Waals surface area contributed by atoms with Gasteiger partial charge in [0.25, 0.3) is 0 Å². The topological polar surface area (TPSA) is 120 Å². The second-order valence-electron chi connectivity index (χ2n) is 5.87. The van der Waals surface area contributed by atoms with Gasteiger partial charge in [-0.15, -0.1) is 0 Å². The molecule has 0 unspecified atom stereocenters. The number of piperidine rings is 1. The van der Waals surface area contributed by atoms with Crippen LogP contribution in [0.2, 0.25) is 0 Å². The molecule has 0 aromatic carbocycles. The smallest absolute Gasteiger partial charge is 0.245 e. The first-order valence-corrected chi connectivity index (χ1v) is 8.10. The van der Waals surface area contributed by atoms with Gasteiger partial charge in [-0.25, -0.2) is 14.6 Å². The van der Waals surface area contributed by atoms with Gasteiger partial charge in [-0.2, -0.15) is 5.10 Å². The molecule has 2 aromatic heterocycles. The molecular formula is C15H22BN8. The fourth-order valence-corrected chi connectivity index (χ4v) is 3.02. The maximum absolute atomic E-state index is 6.08. The van der Waals surface area contributed by atoms with E-state index < -0.39 is 0 Å². The van der Waals surface area contributed by atoms with Crippen molar-refractivity contribution in [2.24, 2.45) is 16.6 Å². The van der Waals surface area contributed by atoms with E-state index in [1.54, 1.807) is 13.1 Å². The van der Waals surface area contributed by atoms with Gasteiger partial charge in [0.2, 0.25) is 7.28 Å². The van der Waals surface area contributed by atoms with Crippen LogP contribution in [0.15, 0.2) is 23.6 Å². The molecule has 5 N–H and O–H groups in total. The lowest BCUT2D eigenvalue weighted by Gasteiger charge is -2.22. The first-order chi connectivity index (χ1) is 11.7. The quantitative estimate of drug-likeness (QED) is 0.491. The van der Waals surface area contributed by atoms with Crippen LogP contribution in [0.1, 0.15) is 12.8 Å². The van der Waals surface area contributed by atoms with Crippen LogP contribution in [0.5, 0.6) is 0 Å². The predicted molar refractivity (Wildman–Crippen MR) is 97.4 cm³/mol. The zero-order valence-corrected chi connectivity index (χ0v) is 13.8. The van der Waals surface area contributed by atoms with E-state index in [0.717, 1.165) is 49.1 Å². The lowest BCUT2D eigenvalue weighted by Crippen LogP contribution is -2.31. The Morgan fingerprint density at radius 3 is 2.96 bits per heavy atom. The monoisotopic (exact) mass is 325 g/mol. The molecular weight excluding hydrogens is 303 g/mol. The number of nitrogen functional groups attached to an aromatic ring is 1. The molecule has 1 radical (unpaired) electrons. The highest BCUT2D eigenvalue weighted by molar-refractivity contribution is 6.88. The van der Waals surface area contributed by atoms with E-state index >= 15 is 0 Å². The Hall–Kier alpha value is -2.42. The summed E-state index contributed by atoms with van der Waals surface area (Å²) in [5.41, 5.74) is 13.7. The fourth-order valence-electron chi connectivity index (χ4n) is 3.02. The maximum atomic E-state index is 6.08. The Balaban J connectivity index is 1.96. The molecule has 0 amide bonds. The van der Waals surface area contributed by atoms with Crippen molar-refractivity contribution in [3.63, 3.8) is 0 Å². The van der Waals surface area contributed by atoms with Crippen LogP contribution in [0.4, 0.5) is 5.82 Å². The summed E-state index contributed by atoms with van der Waals surface area (Å²) in [5.74, 6) is 1.01. The number of hydrogen-bond donors (Lipinski definition) is 3. The SMILES string of the molecule is CN=C([B]c1nn(CC2CCNCC2)c2ncnc(N)c12)/C=C\N. The largest absolute Gasteiger partial charge is 0.405 e. The summed E-state index contributed by atoms with van der Waals surface area (Å²) >= 11 is 0. The minimum absolute atomic E-state index is 0.426. The zero-order valence-electron chi connectivity index (χ0n) is 13.8. The molecule has 0 aliphatic carbocycles. The van der Waals surface area contributed by atoms with Gasteiger partial charge in [0.1, 0.15) is 12.1 Å². The average Bonchev–Trinajstić information content (AvgIpc) is 2.94. The molecule has 1 aliphatic rings. The van der Waals surface area contributed by atoms with Crippen LogP contribution in [0.3, 0.4) is 0 Å². The standard InChI is InChI=1S/C15H22BN8/c1-19-11(2-5-17)16-13-12-14(18)21-9-22-15(12)24(23-13)8-10-3-6-20-7-4-10/h2,5,9-10,20H,3-4,6-8,17H2,1H3,(H2,18,21,22)/b5-2-,19-11?. The molecule has 3 heterocycles. The lowest BCUT2D eigenvalue weighted by atomic mass is 9.68. The van der Waals surface area contributed by atoms with Crippen molar-refractivity contribution in [3.05, 3.63) is 18.6 Å². The minimum atomic E-state index is 0.426. The number of aromatic nitrogens is 4. The minimum Gasteiger partial charge on any atom is -0.405 e. The molecule has 2 aromatic rings. The Morgan fingerprint density at radius 2 is 2.25 bits per heavy atom. The number of nitrogens with zero attached hydrogens (tertiary/aromatic N) is 5.